The number of likely N-dealkylation sites (tertiary alicyclic amines) is 1. The minimum absolute atomic E-state index is 0.0798. The lowest BCUT2D eigenvalue weighted by atomic mass is 10.1. The molecule has 0 aromatic heterocycles. The molecule has 0 bridgehead atoms. The zero-order chi connectivity index (χ0) is 11.4. The lowest BCUT2D eigenvalue weighted by Gasteiger charge is -2.30. The number of aliphatic hydroxyl groups is 1. The summed E-state index contributed by atoms with van der Waals surface area (Å²) >= 11 is 1.79. The van der Waals surface area contributed by atoms with Crippen LogP contribution in [0.5, 0.6) is 0 Å². The Labute approximate surface area is 102 Å². The number of rotatable bonds is 2. The molecule has 1 N–H and O–H groups in total. The van der Waals surface area contributed by atoms with Crippen LogP contribution in [0.15, 0.2) is 0 Å². The number of thioether (sulfide) groups is 1. The average Bonchev–Trinajstić information content (AvgIpc) is 2.73. The largest absolute Gasteiger partial charge is 0.394 e. The third-order valence-electron chi connectivity index (χ3n) is 3.58. The molecule has 2 unspecified atom stereocenters. The molecule has 0 spiro atoms. The highest BCUT2D eigenvalue weighted by Crippen LogP contribution is 2.29. The van der Waals surface area contributed by atoms with Crippen molar-refractivity contribution in [2.75, 3.05) is 18.9 Å². The van der Waals surface area contributed by atoms with Gasteiger partial charge in [-0.2, -0.15) is 0 Å². The highest BCUT2D eigenvalue weighted by Gasteiger charge is 2.32. The molecule has 3 nitrogen and oxygen atoms in total. The van der Waals surface area contributed by atoms with E-state index in [1.54, 1.807) is 11.8 Å². The molecule has 0 aliphatic carbocycles. The quantitative estimate of drug-likeness (QED) is 0.801. The van der Waals surface area contributed by atoms with Gasteiger partial charge in [-0.3, -0.25) is 4.79 Å². The van der Waals surface area contributed by atoms with Crippen LogP contribution in [0.3, 0.4) is 0 Å². The third kappa shape index (κ3) is 2.72. The van der Waals surface area contributed by atoms with Crippen LogP contribution >= 0.6 is 11.8 Å². The molecule has 1 amide bonds. The first-order valence-electron chi connectivity index (χ1n) is 6.36. The number of nitrogens with zero attached hydrogens (tertiary/aromatic N) is 1. The standard InChI is InChI=1S/C12H21NO2S/c14-9-10-5-2-1-3-7-13(10)12(15)11-6-4-8-16-11/h10-11,14H,1-9H2. The van der Waals surface area contributed by atoms with Gasteiger partial charge in [0.2, 0.25) is 5.91 Å². The van der Waals surface area contributed by atoms with Gasteiger partial charge in [-0.15, -0.1) is 11.8 Å². The van der Waals surface area contributed by atoms with Crippen LogP contribution in [0.25, 0.3) is 0 Å². The molecular weight excluding hydrogens is 222 g/mol. The monoisotopic (exact) mass is 243 g/mol. The summed E-state index contributed by atoms with van der Waals surface area (Å²) in [7, 11) is 0. The van der Waals surface area contributed by atoms with Gasteiger partial charge >= 0.3 is 0 Å². The molecule has 2 rings (SSSR count). The summed E-state index contributed by atoms with van der Waals surface area (Å²) in [5, 5.41) is 9.55. The number of hydrogen-bond donors (Lipinski definition) is 1. The molecule has 2 atom stereocenters. The lowest BCUT2D eigenvalue weighted by Crippen LogP contribution is -2.45. The lowest BCUT2D eigenvalue weighted by molar-refractivity contribution is -0.133. The Balaban J connectivity index is 2.00. The van der Waals surface area contributed by atoms with Crippen LogP contribution in [0, 0.1) is 0 Å². The van der Waals surface area contributed by atoms with Crippen LogP contribution in [0.2, 0.25) is 0 Å². The maximum atomic E-state index is 12.3. The third-order valence-corrected chi connectivity index (χ3v) is 4.94. The predicted octanol–water partition coefficient (Wildman–Crippen LogP) is 1.65. The molecule has 16 heavy (non-hydrogen) atoms. The van der Waals surface area contributed by atoms with Gasteiger partial charge in [0, 0.05) is 6.54 Å². The summed E-state index contributed by atoms with van der Waals surface area (Å²) in [6.07, 6.45) is 6.60. The zero-order valence-corrected chi connectivity index (χ0v) is 10.5. The molecule has 0 aromatic rings. The fourth-order valence-electron chi connectivity index (χ4n) is 2.61. The summed E-state index contributed by atoms with van der Waals surface area (Å²) in [4.78, 5) is 14.3. The molecule has 2 aliphatic heterocycles. The van der Waals surface area contributed by atoms with Crippen LogP contribution in [0.4, 0.5) is 0 Å². The molecule has 92 valence electrons. The number of amides is 1. The first kappa shape index (κ1) is 12.2. The van der Waals surface area contributed by atoms with E-state index in [1.807, 2.05) is 4.90 Å². The van der Waals surface area contributed by atoms with Crippen LogP contribution in [-0.2, 0) is 4.79 Å². The van der Waals surface area contributed by atoms with E-state index in [0.29, 0.717) is 0 Å². The minimum Gasteiger partial charge on any atom is -0.394 e. The van der Waals surface area contributed by atoms with Crippen molar-refractivity contribution in [1.29, 1.82) is 0 Å². The van der Waals surface area contributed by atoms with Gasteiger partial charge in [-0.25, -0.2) is 0 Å². The minimum atomic E-state index is 0.0798. The van der Waals surface area contributed by atoms with Crippen LogP contribution in [-0.4, -0.2) is 46.1 Å². The van der Waals surface area contributed by atoms with Gasteiger partial charge in [0.15, 0.2) is 0 Å². The normalized spacial score (nSPS) is 31.4. The van der Waals surface area contributed by atoms with E-state index >= 15 is 0 Å². The van der Waals surface area contributed by atoms with Crippen molar-refractivity contribution in [3.63, 3.8) is 0 Å². The van der Waals surface area contributed by atoms with Gasteiger partial charge in [0.25, 0.3) is 0 Å². The van der Waals surface area contributed by atoms with E-state index in [9.17, 15) is 9.90 Å². The Bertz CT molecular complexity index is 241. The van der Waals surface area contributed by atoms with Gasteiger partial charge in [-0.1, -0.05) is 12.8 Å². The van der Waals surface area contributed by atoms with Crippen molar-refractivity contribution < 1.29 is 9.90 Å². The highest BCUT2D eigenvalue weighted by atomic mass is 32.2. The summed E-state index contributed by atoms with van der Waals surface area (Å²) in [6.45, 7) is 0.976. The molecule has 0 aromatic carbocycles. The maximum absolute atomic E-state index is 12.3. The van der Waals surface area contributed by atoms with Gasteiger partial charge in [0.1, 0.15) is 0 Å². The van der Waals surface area contributed by atoms with E-state index in [4.69, 9.17) is 0 Å². The first-order valence-corrected chi connectivity index (χ1v) is 7.40. The molecule has 2 saturated heterocycles. The first-order chi connectivity index (χ1) is 7.83. The topological polar surface area (TPSA) is 40.5 Å². The molecule has 2 heterocycles. The second-order valence-electron chi connectivity index (χ2n) is 4.72. The Morgan fingerprint density at radius 3 is 2.81 bits per heavy atom. The van der Waals surface area contributed by atoms with Gasteiger partial charge < -0.3 is 10.0 Å². The van der Waals surface area contributed by atoms with E-state index < -0.39 is 0 Å². The van der Waals surface area contributed by atoms with Crippen molar-refractivity contribution in [3.8, 4) is 0 Å². The maximum Gasteiger partial charge on any atom is 0.236 e. The van der Waals surface area contributed by atoms with Crippen molar-refractivity contribution in [3.05, 3.63) is 0 Å². The molecule has 0 radical (unpaired) electrons. The highest BCUT2D eigenvalue weighted by molar-refractivity contribution is 8.00. The fourth-order valence-corrected chi connectivity index (χ4v) is 3.84. The molecular formula is C12H21NO2S. The summed E-state index contributed by atoms with van der Waals surface area (Å²) in [5.41, 5.74) is 0. The van der Waals surface area contributed by atoms with Crippen molar-refractivity contribution in [2.45, 2.75) is 49.8 Å². The Hall–Kier alpha value is -0.220. The van der Waals surface area contributed by atoms with Crippen LogP contribution < -0.4 is 0 Å². The van der Waals surface area contributed by atoms with Gasteiger partial charge in [0.05, 0.1) is 17.9 Å². The Morgan fingerprint density at radius 2 is 2.12 bits per heavy atom. The van der Waals surface area contributed by atoms with E-state index in [1.165, 1.54) is 12.8 Å². The second kappa shape index (κ2) is 5.92. The molecule has 4 heteroatoms. The number of carbonyl (C=O) groups excluding carboxylic acids is 1. The van der Waals surface area contributed by atoms with Crippen LogP contribution in [0.1, 0.15) is 38.5 Å². The average molecular weight is 243 g/mol. The Kier molecular flexibility index (Phi) is 4.53. The summed E-state index contributed by atoms with van der Waals surface area (Å²) < 4.78 is 0. The number of aliphatic hydroxyl groups excluding tert-OH is 1. The van der Waals surface area contributed by atoms with Crippen molar-refractivity contribution in [1.82, 2.24) is 4.90 Å². The number of carbonyl (C=O) groups is 1. The van der Waals surface area contributed by atoms with Crippen molar-refractivity contribution >= 4 is 17.7 Å². The van der Waals surface area contributed by atoms with Crippen molar-refractivity contribution in [2.24, 2.45) is 0 Å². The van der Waals surface area contributed by atoms with E-state index in [0.717, 1.165) is 38.0 Å². The zero-order valence-electron chi connectivity index (χ0n) is 9.73. The smallest absolute Gasteiger partial charge is 0.236 e. The summed E-state index contributed by atoms with van der Waals surface area (Å²) in [5.74, 6) is 1.40. The molecule has 2 fully saturated rings. The SMILES string of the molecule is O=C(C1CCCS1)N1CCCCCC1CO. The molecule has 0 saturated carbocycles. The molecule has 2 aliphatic rings. The van der Waals surface area contributed by atoms with E-state index in [2.05, 4.69) is 0 Å². The fraction of sp³-hybridized carbons (Fsp3) is 0.917. The Morgan fingerprint density at radius 1 is 1.25 bits per heavy atom. The van der Waals surface area contributed by atoms with E-state index in [-0.39, 0.29) is 23.8 Å². The number of hydrogen-bond acceptors (Lipinski definition) is 3. The van der Waals surface area contributed by atoms with Gasteiger partial charge in [-0.05, 0) is 31.4 Å². The summed E-state index contributed by atoms with van der Waals surface area (Å²) in [6, 6.07) is 0.0798. The predicted molar refractivity (Wildman–Crippen MR) is 66.5 cm³/mol. The second-order valence-corrected chi connectivity index (χ2v) is 6.03.